The zero-order valence-corrected chi connectivity index (χ0v) is 18.3. The summed E-state index contributed by atoms with van der Waals surface area (Å²) in [4.78, 5) is 34.7. The monoisotopic (exact) mass is 402 g/mol. The van der Waals surface area contributed by atoms with Gasteiger partial charge in [0.2, 0.25) is 0 Å². The zero-order valence-electron chi connectivity index (χ0n) is 18.3. The number of rotatable bonds is 16. The highest BCUT2D eigenvalue weighted by Gasteiger charge is 2.20. The summed E-state index contributed by atoms with van der Waals surface area (Å²) in [5.74, 6) is -0.704. The third-order valence-electron chi connectivity index (χ3n) is 5.10. The maximum Gasteiger partial charge on any atom is 0.302 e. The standard InChI is InChI=1S/C25H38O4/c1-3-4-5-6-7-8-9-10-11-12-13-14-15-16-24(29-21(2)26)20-22-19-23(27)17-18-25(22)28/h10-11,17-19,24H,3-9,12-16,20H2,1-2H3/b11-10-/t24-/m1/s1. The summed E-state index contributed by atoms with van der Waals surface area (Å²) >= 11 is 0. The molecule has 0 unspecified atom stereocenters. The van der Waals surface area contributed by atoms with Gasteiger partial charge in [0, 0.05) is 18.9 Å². The molecular weight excluding hydrogens is 364 g/mol. The molecule has 0 fully saturated rings. The van der Waals surface area contributed by atoms with E-state index in [0.29, 0.717) is 18.4 Å². The van der Waals surface area contributed by atoms with Crippen LogP contribution in [-0.2, 0) is 19.1 Å². The first-order valence-corrected chi connectivity index (χ1v) is 11.3. The van der Waals surface area contributed by atoms with Crippen LogP contribution in [0.3, 0.4) is 0 Å². The van der Waals surface area contributed by atoms with Crippen LogP contribution in [0.1, 0.15) is 97.3 Å². The van der Waals surface area contributed by atoms with Gasteiger partial charge in [-0.3, -0.25) is 14.4 Å². The average Bonchev–Trinajstić information content (AvgIpc) is 2.67. The molecule has 0 heterocycles. The number of carbonyl (C=O) groups is 3. The van der Waals surface area contributed by atoms with Gasteiger partial charge in [0.05, 0.1) is 0 Å². The molecule has 0 aromatic heterocycles. The Bertz CT molecular complexity index is 598. The Hall–Kier alpha value is -1.97. The van der Waals surface area contributed by atoms with Crippen LogP contribution in [0.4, 0.5) is 0 Å². The molecule has 1 aliphatic carbocycles. The van der Waals surface area contributed by atoms with E-state index >= 15 is 0 Å². The van der Waals surface area contributed by atoms with E-state index in [-0.39, 0.29) is 23.6 Å². The molecule has 0 saturated heterocycles. The smallest absolute Gasteiger partial charge is 0.302 e. The molecule has 0 aromatic rings. The van der Waals surface area contributed by atoms with Crippen molar-refractivity contribution < 1.29 is 19.1 Å². The second-order valence-electron chi connectivity index (χ2n) is 7.87. The topological polar surface area (TPSA) is 60.4 Å². The molecule has 0 saturated carbocycles. The second kappa shape index (κ2) is 15.9. The summed E-state index contributed by atoms with van der Waals surface area (Å²) in [6.45, 7) is 3.62. The van der Waals surface area contributed by atoms with Crippen molar-refractivity contribution in [2.75, 3.05) is 0 Å². The maximum atomic E-state index is 11.9. The Morgan fingerprint density at radius 1 is 0.931 bits per heavy atom. The van der Waals surface area contributed by atoms with Gasteiger partial charge in [-0.05, 0) is 56.8 Å². The Kier molecular flexibility index (Phi) is 13.7. The molecule has 0 bridgehead atoms. The minimum Gasteiger partial charge on any atom is -0.462 e. The van der Waals surface area contributed by atoms with Crippen molar-refractivity contribution in [1.82, 2.24) is 0 Å². The van der Waals surface area contributed by atoms with E-state index in [0.717, 1.165) is 25.7 Å². The van der Waals surface area contributed by atoms with Crippen molar-refractivity contribution in [1.29, 1.82) is 0 Å². The van der Waals surface area contributed by atoms with Gasteiger partial charge in [-0.25, -0.2) is 0 Å². The molecule has 0 aromatic carbocycles. The van der Waals surface area contributed by atoms with Crippen LogP contribution >= 0.6 is 0 Å². The molecule has 162 valence electrons. The fourth-order valence-electron chi connectivity index (χ4n) is 3.49. The van der Waals surface area contributed by atoms with E-state index in [9.17, 15) is 14.4 Å². The largest absolute Gasteiger partial charge is 0.462 e. The summed E-state index contributed by atoms with van der Waals surface area (Å²) < 4.78 is 5.36. The Morgan fingerprint density at radius 2 is 1.55 bits per heavy atom. The van der Waals surface area contributed by atoms with E-state index in [1.165, 1.54) is 70.1 Å². The molecule has 1 aliphatic rings. The van der Waals surface area contributed by atoms with E-state index < -0.39 is 0 Å². The number of hydrogen-bond donors (Lipinski definition) is 0. The van der Waals surface area contributed by atoms with Gasteiger partial charge < -0.3 is 4.74 Å². The van der Waals surface area contributed by atoms with E-state index in [2.05, 4.69) is 19.1 Å². The zero-order chi connectivity index (χ0) is 21.3. The predicted octanol–water partition coefficient (Wildman–Crippen LogP) is 6.20. The number of ether oxygens (including phenoxy) is 1. The first kappa shape index (κ1) is 25.1. The number of carbonyl (C=O) groups excluding carboxylic acids is 3. The number of ketones is 2. The number of hydrogen-bond acceptors (Lipinski definition) is 4. The molecule has 1 rings (SSSR count). The van der Waals surface area contributed by atoms with Crippen molar-refractivity contribution in [2.24, 2.45) is 0 Å². The van der Waals surface area contributed by atoms with Crippen molar-refractivity contribution in [3.8, 4) is 0 Å². The predicted molar refractivity (Wildman–Crippen MR) is 118 cm³/mol. The summed E-state index contributed by atoms with van der Waals surface area (Å²) in [5, 5.41) is 0. The van der Waals surface area contributed by atoms with Crippen LogP contribution in [0.15, 0.2) is 36.0 Å². The molecule has 0 spiro atoms. The lowest BCUT2D eigenvalue weighted by atomic mass is 9.95. The lowest BCUT2D eigenvalue weighted by molar-refractivity contribution is -0.146. The Labute approximate surface area is 176 Å². The quantitative estimate of drug-likeness (QED) is 0.133. The first-order valence-electron chi connectivity index (χ1n) is 11.3. The van der Waals surface area contributed by atoms with Crippen LogP contribution < -0.4 is 0 Å². The lowest BCUT2D eigenvalue weighted by Gasteiger charge is -2.18. The second-order valence-corrected chi connectivity index (χ2v) is 7.87. The summed E-state index contributed by atoms with van der Waals surface area (Å²) in [6, 6.07) is 0. The number of unbranched alkanes of at least 4 members (excludes halogenated alkanes) is 9. The highest BCUT2D eigenvalue weighted by Crippen LogP contribution is 2.19. The van der Waals surface area contributed by atoms with Gasteiger partial charge in [-0.2, -0.15) is 0 Å². The van der Waals surface area contributed by atoms with Crippen molar-refractivity contribution in [3.05, 3.63) is 36.0 Å². The van der Waals surface area contributed by atoms with Crippen molar-refractivity contribution in [3.63, 3.8) is 0 Å². The molecule has 0 N–H and O–H groups in total. The number of esters is 1. The summed E-state index contributed by atoms with van der Waals surface area (Å²) in [6.07, 6.45) is 22.6. The molecule has 29 heavy (non-hydrogen) atoms. The SMILES string of the molecule is CCCCCCCC/C=C\CCCCC[C@H](CC1=CC(=O)C=CC1=O)OC(C)=O. The van der Waals surface area contributed by atoms with Crippen LogP contribution in [0, 0.1) is 0 Å². The first-order chi connectivity index (χ1) is 14.0. The van der Waals surface area contributed by atoms with E-state index in [1.54, 1.807) is 0 Å². The minimum atomic E-state index is -0.349. The Morgan fingerprint density at radius 3 is 2.21 bits per heavy atom. The molecule has 0 radical (unpaired) electrons. The molecular formula is C25H38O4. The maximum absolute atomic E-state index is 11.9. The molecule has 4 heteroatoms. The fraction of sp³-hybridized carbons (Fsp3) is 0.640. The Balaban J connectivity index is 2.17. The average molecular weight is 403 g/mol. The summed E-state index contributed by atoms with van der Waals surface area (Å²) in [5.41, 5.74) is 0.432. The third-order valence-corrected chi connectivity index (χ3v) is 5.10. The van der Waals surface area contributed by atoms with Gasteiger partial charge in [0.1, 0.15) is 6.10 Å². The van der Waals surface area contributed by atoms with Gasteiger partial charge in [0.25, 0.3) is 0 Å². The van der Waals surface area contributed by atoms with Gasteiger partial charge in [-0.1, -0.05) is 57.6 Å². The van der Waals surface area contributed by atoms with Gasteiger partial charge >= 0.3 is 5.97 Å². The minimum absolute atomic E-state index is 0.169. The van der Waals surface area contributed by atoms with E-state index in [4.69, 9.17) is 4.74 Å². The molecule has 0 amide bonds. The molecule has 4 nitrogen and oxygen atoms in total. The molecule has 0 aliphatic heterocycles. The van der Waals surface area contributed by atoms with Gasteiger partial charge in [0.15, 0.2) is 11.6 Å². The van der Waals surface area contributed by atoms with Crippen molar-refractivity contribution in [2.45, 2.75) is 103 Å². The van der Waals surface area contributed by atoms with Crippen LogP contribution in [-0.4, -0.2) is 23.6 Å². The van der Waals surface area contributed by atoms with E-state index in [1.807, 2.05) is 0 Å². The highest BCUT2D eigenvalue weighted by molar-refractivity contribution is 6.17. The summed E-state index contributed by atoms with van der Waals surface area (Å²) in [7, 11) is 0. The lowest BCUT2D eigenvalue weighted by Crippen LogP contribution is -2.20. The van der Waals surface area contributed by atoms with Crippen molar-refractivity contribution >= 4 is 17.5 Å². The highest BCUT2D eigenvalue weighted by atomic mass is 16.5. The third kappa shape index (κ3) is 13.0. The van der Waals surface area contributed by atoms with Crippen LogP contribution in [0.5, 0.6) is 0 Å². The van der Waals surface area contributed by atoms with Crippen LogP contribution in [0.25, 0.3) is 0 Å². The number of allylic oxidation sites excluding steroid dienone is 5. The normalized spacial score (nSPS) is 15.0. The fourth-order valence-corrected chi connectivity index (χ4v) is 3.49. The van der Waals surface area contributed by atoms with Crippen LogP contribution in [0.2, 0.25) is 0 Å². The van der Waals surface area contributed by atoms with Gasteiger partial charge in [-0.15, -0.1) is 0 Å². The molecule has 1 atom stereocenters.